The molecule has 1 fully saturated rings. The van der Waals surface area contributed by atoms with E-state index in [-0.39, 0.29) is 10.6 Å². The van der Waals surface area contributed by atoms with E-state index in [9.17, 15) is 10.1 Å². The summed E-state index contributed by atoms with van der Waals surface area (Å²) in [5.74, 6) is 0. The predicted molar refractivity (Wildman–Crippen MR) is 81.5 cm³/mol. The molecule has 1 aliphatic heterocycles. The number of halogens is 1. The van der Waals surface area contributed by atoms with Gasteiger partial charge >= 0.3 is 0 Å². The van der Waals surface area contributed by atoms with E-state index in [0.717, 1.165) is 29.7 Å². The van der Waals surface area contributed by atoms with Crippen LogP contribution in [-0.2, 0) is 6.54 Å². The molecule has 0 aromatic heterocycles. The molecule has 2 N–H and O–H groups in total. The third-order valence-corrected chi connectivity index (χ3v) is 4.08. The Labute approximate surface area is 126 Å². The van der Waals surface area contributed by atoms with Gasteiger partial charge in [-0.3, -0.25) is 15.0 Å². The van der Waals surface area contributed by atoms with Crippen molar-refractivity contribution in [3.63, 3.8) is 0 Å². The second-order valence-corrected chi connectivity index (χ2v) is 6.11. The summed E-state index contributed by atoms with van der Waals surface area (Å²) in [6.07, 6.45) is 0. The van der Waals surface area contributed by atoms with Gasteiger partial charge in [0, 0.05) is 55.4 Å². The molecule has 0 saturated carbocycles. The van der Waals surface area contributed by atoms with Gasteiger partial charge in [-0.2, -0.15) is 0 Å². The SMILES string of the molecule is CN1CCN(Cc2cc(Br)cc([N+](=O)[O-])c2)C(CN)C1. The van der Waals surface area contributed by atoms with Crippen LogP contribution < -0.4 is 5.73 Å². The summed E-state index contributed by atoms with van der Waals surface area (Å²) < 4.78 is 0.736. The molecule has 1 aromatic rings. The summed E-state index contributed by atoms with van der Waals surface area (Å²) in [4.78, 5) is 15.1. The first-order valence-corrected chi connectivity index (χ1v) is 7.35. The summed E-state index contributed by atoms with van der Waals surface area (Å²) in [6, 6.07) is 5.38. The fourth-order valence-corrected chi connectivity index (χ4v) is 3.07. The minimum Gasteiger partial charge on any atom is -0.329 e. The van der Waals surface area contributed by atoms with Gasteiger partial charge in [0.15, 0.2) is 0 Å². The van der Waals surface area contributed by atoms with Crippen molar-refractivity contribution in [2.24, 2.45) is 5.73 Å². The Morgan fingerprint density at radius 2 is 2.20 bits per heavy atom. The van der Waals surface area contributed by atoms with Gasteiger partial charge in [-0.15, -0.1) is 0 Å². The van der Waals surface area contributed by atoms with E-state index in [0.29, 0.717) is 19.1 Å². The van der Waals surface area contributed by atoms with Gasteiger partial charge in [0.1, 0.15) is 0 Å². The van der Waals surface area contributed by atoms with Crippen LogP contribution in [0.2, 0.25) is 0 Å². The zero-order valence-electron chi connectivity index (χ0n) is 11.5. The first kappa shape index (κ1) is 15.4. The van der Waals surface area contributed by atoms with Crippen LogP contribution in [0.25, 0.3) is 0 Å². The molecule has 0 spiro atoms. The first-order valence-electron chi connectivity index (χ1n) is 6.56. The molecule has 2 rings (SSSR count). The maximum Gasteiger partial charge on any atom is 0.270 e. The lowest BCUT2D eigenvalue weighted by atomic mass is 10.1. The summed E-state index contributed by atoms with van der Waals surface area (Å²) in [7, 11) is 2.09. The van der Waals surface area contributed by atoms with Crippen LogP contribution >= 0.6 is 15.9 Å². The van der Waals surface area contributed by atoms with Gasteiger partial charge in [-0.05, 0) is 18.7 Å². The summed E-state index contributed by atoms with van der Waals surface area (Å²) in [5, 5.41) is 10.9. The lowest BCUT2D eigenvalue weighted by Crippen LogP contribution is -2.54. The Morgan fingerprint density at radius 3 is 2.85 bits per heavy atom. The smallest absolute Gasteiger partial charge is 0.270 e. The molecule has 1 atom stereocenters. The zero-order chi connectivity index (χ0) is 14.7. The second-order valence-electron chi connectivity index (χ2n) is 5.20. The van der Waals surface area contributed by atoms with E-state index >= 15 is 0 Å². The minimum atomic E-state index is -0.362. The second kappa shape index (κ2) is 6.62. The average Bonchev–Trinajstić information content (AvgIpc) is 2.40. The Bertz CT molecular complexity index is 497. The van der Waals surface area contributed by atoms with E-state index < -0.39 is 0 Å². The number of nitrogens with two attached hydrogens (primary N) is 1. The highest BCUT2D eigenvalue weighted by atomic mass is 79.9. The average molecular weight is 343 g/mol. The van der Waals surface area contributed by atoms with Crippen LogP contribution in [0, 0.1) is 10.1 Å². The van der Waals surface area contributed by atoms with Crippen molar-refractivity contribution in [2.45, 2.75) is 12.6 Å². The number of nitrogens with zero attached hydrogens (tertiary/aromatic N) is 3. The Kier molecular flexibility index (Phi) is 5.09. The molecule has 0 amide bonds. The molecule has 0 aliphatic carbocycles. The molecule has 7 heteroatoms. The Balaban J connectivity index is 2.14. The highest BCUT2D eigenvalue weighted by molar-refractivity contribution is 9.10. The molecular formula is C13H19BrN4O2. The van der Waals surface area contributed by atoms with Crippen LogP contribution in [0.3, 0.4) is 0 Å². The monoisotopic (exact) mass is 342 g/mol. The number of likely N-dealkylation sites (N-methyl/N-ethyl adjacent to an activating group) is 1. The van der Waals surface area contributed by atoms with Crippen molar-refractivity contribution in [2.75, 3.05) is 33.2 Å². The van der Waals surface area contributed by atoms with Gasteiger partial charge in [0.25, 0.3) is 5.69 Å². The van der Waals surface area contributed by atoms with Crippen molar-refractivity contribution in [1.29, 1.82) is 0 Å². The number of hydrogen-bond donors (Lipinski definition) is 1. The summed E-state index contributed by atoms with van der Waals surface area (Å²) in [5.41, 5.74) is 6.89. The van der Waals surface area contributed by atoms with Gasteiger partial charge in [0.05, 0.1) is 4.92 Å². The van der Waals surface area contributed by atoms with Crippen LogP contribution in [-0.4, -0.2) is 54.0 Å². The molecule has 1 aromatic carbocycles. The zero-order valence-corrected chi connectivity index (χ0v) is 13.0. The third kappa shape index (κ3) is 3.76. The molecular weight excluding hydrogens is 324 g/mol. The third-order valence-electron chi connectivity index (χ3n) is 3.62. The topological polar surface area (TPSA) is 75.6 Å². The number of nitro groups is 1. The number of hydrogen-bond acceptors (Lipinski definition) is 5. The van der Waals surface area contributed by atoms with Crippen molar-refractivity contribution in [3.8, 4) is 0 Å². The van der Waals surface area contributed by atoms with Crippen molar-refractivity contribution in [3.05, 3.63) is 38.3 Å². The Morgan fingerprint density at radius 1 is 1.45 bits per heavy atom. The van der Waals surface area contributed by atoms with Crippen molar-refractivity contribution in [1.82, 2.24) is 9.80 Å². The minimum absolute atomic E-state index is 0.118. The largest absolute Gasteiger partial charge is 0.329 e. The number of rotatable bonds is 4. The lowest BCUT2D eigenvalue weighted by Gasteiger charge is -2.39. The fourth-order valence-electron chi connectivity index (χ4n) is 2.54. The number of piperazine rings is 1. The molecule has 6 nitrogen and oxygen atoms in total. The summed E-state index contributed by atoms with van der Waals surface area (Å²) >= 11 is 3.33. The number of non-ortho nitro benzene ring substituents is 1. The maximum atomic E-state index is 10.9. The normalized spacial score (nSPS) is 21.1. The van der Waals surface area contributed by atoms with E-state index in [2.05, 4.69) is 32.8 Å². The van der Waals surface area contributed by atoms with Crippen molar-refractivity contribution < 1.29 is 4.92 Å². The Hall–Kier alpha value is -1.02. The highest BCUT2D eigenvalue weighted by Crippen LogP contribution is 2.23. The molecule has 1 heterocycles. The molecule has 0 radical (unpaired) electrons. The maximum absolute atomic E-state index is 10.9. The summed E-state index contributed by atoms with van der Waals surface area (Å²) in [6.45, 7) is 4.15. The van der Waals surface area contributed by atoms with Crippen molar-refractivity contribution >= 4 is 21.6 Å². The predicted octanol–water partition coefficient (Wildman–Crippen LogP) is 1.43. The van der Waals surface area contributed by atoms with E-state index in [1.54, 1.807) is 6.07 Å². The van der Waals surface area contributed by atoms with Crippen LogP contribution in [0.5, 0.6) is 0 Å². The molecule has 1 saturated heterocycles. The molecule has 0 bridgehead atoms. The molecule has 110 valence electrons. The van der Waals surface area contributed by atoms with E-state index in [4.69, 9.17) is 5.73 Å². The van der Waals surface area contributed by atoms with E-state index in [1.165, 1.54) is 6.07 Å². The highest BCUT2D eigenvalue weighted by Gasteiger charge is 2.24. The van der Waals surface area contributed by atoms with Crippen LogP contribution in [0.4, 0.5) is 5.69 Å². The van der Waals surface area contributed by atoms with E-state index in [1.807, 2.05) is 6.07 Å². The number of nitro benzene ring substituents is 1. The van der Waals surface area contributed by atoms with Crippen LogP contribution in [0.15, 0.2) is 22.7 Å². The van der Waals surface area contributed by atoms with Gasteiger partial charge in [0.2, 0.25) is 0 Å². The standard InChI is InChI=1S/C13H19BrN4O2/c1-16-2-3-17(13(7-15)9-16)8-10-4-11(14)6-12(5-10)18(19)20/h4-6,13H,2-3,7-9,15H2,1H3. The molecule has 1 unspecified atom stereocenters. The van der Waals surface area contributed by atoms with Gasteiger partial charge in [-0.1, -0.05) is 15.9 Å². The van der Waals surface area contributed by atoms with Crippen LogP contribution in [0.1, 0.15) is 5.56 Å². The number of benzene rings is 1. The van der Waals surface area contributed by atoms with Gasteiger partial charge < -0.3 is 10.6 Å². The molecule has 1 aliphatic rings. The molecule has 20 heavy (non-hydrogen) atoms. The fraction of sp³-hybridized carbons (Fsp3) is 0.538. The first-order chi connectivity index (χ1) is 9.49. The lowest BCUT2D eigenvalue weighted by molar-refractivity contribution is -0.385. The quantitative estimate of drug-likeness (QED) is 0.661. The van der Waals surface area contributed by atoms with Gasteiger partial charge in [-0.25, -0.2) is 0 Å².